The Morgan fingerprint density at radius 1 is 1.11 bits per heavy atom. The summed E-state index contributed by atoms with van der Waals surface area (Å²) in [6.45, 7) is 5.42. The van der Waals surface area contributed by atoms with E-state index in [-0.39, 0.29) is 0 Å². The molecule has 0 atom stereocenters. The largest absolute Gasteiger partial charge is 0.497 e. The van der Waals surface area contributed by atoms with E-state index < -0.39 is 0 Å². The van der Waals surface area contributed by atoms with E-state index in [0.717, 1.165) is 22.7 Å². The van der Waals surface area contributed by atoms with E-state index in [4.69, 9.17) is 21.7 Å². The highest BCUT2D eigenvalue weighted by Crippen LogP contribution is 2.12. The standard InChI is InChI=1S/C19H26N6O2S/c1-13-11-14(2)23-18(22-13)24-17(25-19(28)20-9-10-26-3)21-12-15-5-7-16(27-4)8-6-15/h5-8,11H,9-10,12H2,1-4H3,(H3,20,21,22,23,24,25,28). The SMILES string of the molecule is COCCNC(=S)NC(=NCc1ccc(OC)cc1)Nc1nc(C)cc(C)n1. The number of nitrogens with one attached hydrogen (secondary N) is 3. The lowest BCUT2D eigenvalue weighted by Gasteiger charge is -2.14. The number of anilines is 1. The van der Waals surface area contributed by atoms with Crippen molar-refractivity contribution in [2.24, 2.45) is 4.99 Å². The van der Waals surface area contributed by atoms with Crippen LogP contribution in [0.2, 0.25) is 0 Å². The molecular weight excluding hydrogens is 376 g/mol. The van der Waals surface area contributed by atoms with Gasteiger partial charge in [-0.2, -0.15) is 0 Å². The first-order chi connectivity index (χ1) is 13.5. The lowest BCUT2D eigenvalue weighted by Crippen LogP contribution is -2.43. The highest BCUT2D eigenvalue weighted by Gasteiger charge is 2.07. The van der Waals surface area contributed by atoms with Gasteiger partial charge in [0.2, 0.25) is 11.9 Å². The summed E-state index contributed by atoms with van der Waals surface area (Å²) in [5.74, 6) is 1.71. The quantitative estimate of drug-likeness (QED) is 0.281. The smallest absolute Gasteiger partial charge is 0.229 e. The Morgan fingerprint density at radius 3 is 2.39 bits per heavy atom. The molecule has 0 fully saturated rings. The van der Waals surface area contributed by atoms with Crippen molar-refractivity contribution in [1.82, 2.24) is 20.6 Å². The number of aryl methyl sites for hydroxylation is 2. The zero-order valence-electron chi connectivity index (χ0n) is 16.6. The summed E-state index contributed by atoms with van der Waals surface area (Å²) >= 11 is 5.32. The van der Waals surface area contributed by atoms with E-state index in [9.17, 15) is 0 Å². The van der Waals surface area contributed by atoms with Crippen LogP contribution in [0.5, 0.6) is 5.75 Å². The summed E-state index contributed by atoms with van der Waals surface area (Å²) < 4.78 is 10.2. The van der Waals surface area contributed by atoms with Crippen molar-refractivity contribution in [3.05, 3.63) is 47.3 Å². The number of nitrogens with zero attached hydrogens (tertiary/aromatic N) is 3. The molecule has 2 rings (SSSR count). The molecule has 1 heterocycles. The van der Waals surface area contributed by atoms with Gasteiger partial charge in [-0.1, -0.05) is 12.1 Å². The molecular formula is C19H26N6O2S. The number of guanidine groups is 1. The molecule has 0 saturated heterocycles. The second-order valence-electron chi connectivity index (χ2n) is 5.99. The fourth-order valence-electron chi connectivity index (χ4n) is 2.32. The van der Waals surface area contributed by atoms with Gasteiger partial charge in [0.25, 0.3) is 0 Å². The molecule has 0 bridgehead atoms. The fourth-order valence-corrected chi connectivity index (χ4v) is 2.52. The summed E-state index contributed by atoms with van der Waals surface area (Å²) in [5, 5.41) is 9.65. The summed E-state index contributed by atoms with van der Waals surface area (Å²) in [5.41, 5.74) is 2.76. The molecule has 150 valence electrons. The third-order valence-electron chi connectivity index (χ3n) is 3.61. The molecule has 9 heteroatoms. The Labute approximate surface area is 170 Å². The molecule has 0 spiro atoms. The van der Waals surface area contributed by atoms with Crippen LogP contribution >= 0.6 is 12.2 Å². The number of benzene rings is 1. The van der Waals surface area contributed by atoms with Crippen molar-refractivity contribution in [3.8, 4) is 5.75 Å². The normalized spacial score (nSPS) is 11.1. The predicted molar refractivity (Wildman–Crippen MR) is 115 cm³/mol. The molecule has 28 heavy (non-hydrogen) atoms. The highest BCUT2D eigenvalue weighted by molar-refractivity contribution is 7.80. The summed E-state index contributed by atoms with van der Waals surface area (Å²) in [7, 11) is 3.28. The summed E-state index contributed by atoms with van der Waals surface area (Å²) in [6, 6.07) is 9.62. The number of aromatic nitrogens is 2. The second-order valence-corrected chi connectivity index (χ2v) is 6.39. The van der Waals surface area contributed by atoms with Crippen molar-refractivity contribution in [3.63, 3.8) is 0 Å². The maximum absolute atomic E-state index is 5.32. The molecule has 1 aromatic carbocycles. The van der Waals surface area contributed by atoms with Gasteiger partial charge in [-0.3, -0.25) is 5.32 Å². The third-order valence-corrected chi connectivity index (χ3v) is 3.86. The fraction of sp³-hybridized carbons (Fsp3) is 0.368. The van der Waals surface area contributed by atoms with Gasteiger partial charge in [-0.25, -0.2) is 15.0 Å². The maximum atomic E-state index is 5.32. The number of ether oxygens (including phenoxy) is 2. The Bertz CT molecular complexity index is 790. The van der Waals surface area contributed by atoms with E-state index >= 15 is 0 Å². The minimum atomic E-state index is 0.433. The van der Waals surface area contributed by atoms with Crippen LogP contribution in [0.4, 0.5) is 5.95 Å². The first-order valence-corrected chi connectivity index (χ1v) is 9.21. The first kappa shape index (κ1) is 21.5. The van der Waals surface area contributed by atoms with Crippen molar-refractivity contribution in [2.75, 3.05) is 32.7 Å². The van der Waals surface area contributed by atoms with E-state index in [1.165, 1.54) is 0 Å². The molecule has 0 aliphatic heterocycles. The Morgan fingerprint density at radius 2 is 1.79 bits per heavy atom. The monoisotopic (exact) mass is 402 g/mol. The number of rotatable bonds is 7. The average molecular weight is 403 g/mol. The lowest BCUT2D eigenvalue weighted by atomic mass is 10.2. The molecule has 0 radical (unpaired) electrons. The van der Waals surface area contributed by atoms with Gasteiger partial charge in [0.05, 0.1) is 20.3 Å². The van der Waals surface area contributed by atoms with E-state index in [0.29, 0.717) is 36.7 Å². The number of hydrogen-bond acceptors (Lipinski definition) is 6. The molecule has 0 unspecified atom stereocenters. The van der Waals surface area contributed by atoms with Crippen LogP contribution in [0.3, 0.4) is 0 Å². The van der Waals surface area contributed by atoms with Crippen LogP contribution in [0, 0.1) is 13.8 Å². The van der Waals surface area contributed by atoms with Crippen LogP contribution < -0.4 is 20.7 Å². The molecule has 8 nitrogen and oxygen atoms in total. The van der Waals surface area contributed by atoms with E-state index in [1.807, 2.05) is 44.2 Å². The Hall–Kier alpha value is -2.78. The predicted octanol–water partition coefficient (Wildman–Crippen LogP) is 2.18. The summed E-state index contributed by atoms with van der Waals surface area (Å²) in [6.07, 6.45) is 0. The van der Waals surface area contributed by atoms with Gasteiger partial charge < -0.3 is 20.1 Å². The van der Waals surface area contributed by atoms with Crippen molar-refractivity contribution in [1.29, 1.82) is 0 Å². The van der Waals surface area contributed by atoms with Crippen LogP contribution in [-0.4, -0.2) is 48.4 Å². The lowest BCUT2D eigenvalue weighted by molar-refractivity contribution is 0.204. The molecule has 1 aromatic heterocycles. The Kier molecular flexibility index (Phi) is 8.57. The average Bonchev–Trinajstić information content (AvgIpc) is 2.66. The maximum Gasteiger partial charge on any atom is 0.229 e. The number of hydrogen-bond donors (Lipinski definition) is 3. The zero-order valence-corrected chi connectivity index (χ0v) is 17.4. The minimum Gasteiger partial charge on any atom is -0.497 e. The molecule has 0 aliphatic rings. The summed E-state index contributed by atoms with van der Waals surface area (Å²) in [4.78, 5) is 13.4. The molecule has 2 aromatic rings. The molecule has 0 aliphatic carbocycles. The molecule has 3 N–H and O–H groups in total. The van der Waals surface area contributed by atoms with Gasteiger partial charge in [0, 0.05) is 25.0 Å². The Balaban J connectivity index is 2.12. The zero-order chi connectivity index (χ0) is 20.4. The number of methoxy groups -OCH3 is 2. The van der Waals surface area contributed by atoms with Gasteiger partial charge in [-0.05, 0) is 49.8 Å². The highest BCUT2D eigenvalue weighted by atomic mass is 32.1. The van der Waals surface area contributed by atoms with Crippen molar-refractivity contribution < 1.29 is 9.47 Å². The van der Waals surface area contributed by atoms with Crippen LogP contribution in [0.1, 0.15) is 17.0 Å². The number of aliphatic imine (C=N–C) groups is 1. The van der Waals surface area contributed by atoms with Crippen molar-refractivity contribution >= 4 is 29.2 Å². The van der Waals surface area contributed by atoms with Crippen LogP contribution in [0.25, 0.3) is 0 Å². The van der Waals surface area contributed by atoms with Gasteiger partial charge in [-0.15, -0.1) is 0 Å². The number of thiocarbonyl (C=S) groups is 1. The van der Waals surface area contributed by atoms with Crippen molar-refractivity contribution in [2.45, 2.75) is 20.4 Å². The molecule has 0 amide bonds. The first-order valence-electron chi connectivity index (χ1n) is 8.80. The topological polar surface area (TPSA) is 92.7 Å². The van der Waals surface area contributed by atoms with E-state index in [2.05, 4.69) is 30.9 Å². The van der Waals surface area contributed by atoms with Gasteiger partial charge in [0.1, 0.15) is 5.75 Å². The van der Waals surface area contributed by atoms with Crippen LogP contribution in [-0.2, 0) is 11.3 Å². The second kappa shape index (κ2) is 11.2. The third kappa shape index (κ3) is 7.45. The van der Waals surface area contributed by atoms with E-state index in [1.54, 1.807) is 14.2 Å². The van der Waals surface area contributed by atoms with Crippen LogP contribution in [0.15, 0.2) is 35.3 Å². The minimum absolute atomic E-state index is 0.433. The van der Waals surface area contributed by atoms with Gasteiger partial charge >= 0.3 is 0 Å². The van der Waals surface area contributed by atoms with Gasteiger partial charge in [0.15, 0.2) is 5.11 Å². The molecule has 0 saturated carbocycles.